The number of rotatable bonds is 5. The molecule has 4 nitrogen and oxygen atoms in total. The van der Waals surface area contributed by atoms with Gasteiger partial charge in [-0.1, -0.05) is 23.7 Å². The predicted molar refractivity (Wildman–Crippen MR) is 116 cm³/mol. The molecule has 3 aromatic carbocycles. The van der Waals surface area contributed by atoms with E-state index < -0.39 is 12.5 Å². The van der Waals surface area contributed by atoms with Crippen molar-refractivity contribution in [1.29, 1.82) is 0 Å². The molecule has 0 bridgehead atoms. The lowest BCUT2D eigenvalue weighted by atomic mass is 10.0. The summed E-state index contributed by atoms with van der Waals surface area (Å²) in [4.78, 5) is 12.5. The molecule has 9 heteroatoms. The zero-order chi connectivity index (χ0) is 22.3. The van der Waals surface area contributed by atoms with Crippen LogP contribution in [0.5, 0.6) is 5.75 Å². The normalized spacial score (nSPS) is 10.4. The molecule has 0 saturated heterocycles. The zero-order valence-electron chi connectivity index (χ0n) is 16.1. The molecule has 0 unspecified atom stereocenters. The van der Waals surface area contributed by atoms with E-state index in [2.05, 4.69) is 10.6 Å². The van der Waals surface area contributed by atoms with Crippen LogP contribution in [0.1, 0.15) is 17.6 Å². The van der Waals surface area contributed by atoms with E-state index in [1.807, 2.05) is 0 Å². The van der Waals surface area contributed by atoms with Crippen molar-refractivity contribution in [3.63, 3.8) is 0 Å². The van der Waals surface area contributed by atoms with Crippen molar-refractivity contribution in [3.05, 3.63) is 64.7 Å². The Bertz CT molecular complexity index is 1020. The van der Waals surface area contributed by atoms with Crippen LogP contribution in [0.2, 0.25) is 5.02 Å². The van der Waals surface area contributed by atoms with E-state index in [9.17, 15) is 18.0 Å². The minimum absolute atomic E-state index is 0.119. The molecule has 3 rings (SSSR count). The van der Waals surface area contributed by atoms with Crippen molar-refractivity contribution in [3.8, 4) is 5.75 Å². The van der Waals surface area contributed by atoms with Gasteiger partial charge >= 0.3 is 6.03 Å². The topological polar surface area (TPSA) is 50.4 Å². The first-order valence-corrected chi connectivity index (χ1v) is 9.53. The summed E-state index contributed by atoms with van der Waals surface area (Å²) in [6.45, 7) is 0. The first kappa shape index (κ1) is 23.6. The van der Waals surface area contributed by atoms with Gasteiger partial charge in [-0.2, -0.15) is 0 Å². The Kier molecular flexibility index (Phi) is 8.62. The van der Waals surface area contributed by atoms with Crippen LogP contribution < -0.4 is 15.4 Å². The molecule has 0 fully saturated rings. The second-order valence-electron chi connectivity index (χ2n) is 5.94. The maximum atomic E-state index is 12.6. The van der Waals surface area contributed by atoms with Crippen LogP contribution in [0.3, 0.4) is 0 Å². The number of urea groups is 1. The summed E-state index contributed by atoms with van der Waals surface area (Å²) < 4.78 is 40.0. The third-order valence-corrected chi connectivity index (χ3v) is 4.78. The molecule has 160 valence electrons. The first-order valence-electron chi connectivity index (χ1n) is 8.62. The van der Waals surface area contributed by atoms with Crippen molar-refractivity contribution in [2.75, 3.05) is 24.9 Å². The standard InChI is InChI=1S/C20H16Cl2F2N2O2.CH3F/c1-28-14-6-7-15-16(9-14)18(12(10-21)8-17(15)22)26-20(27)25-13-4-2-11(3-5-13)19(23)24;1-2/h2-9,19H,10H2,1H3,(H2,25,26,27);1H3. The van der Waals surface area contributed by atoms with Gasteiger partial charge in [-0.3, -0.25) is 4.39 Å². The third-order valence-electron chi connectivity index (χ3n) is 4.18. The molecule has 0 aliphatic carbocycles. The van der Waals surface area contributed by atoms with Gasteiger partial charge in [0.1, 0.15) is 5.75 Å². The number of methoxy groups -OCH3 is 1. The summed E-state index contributed by atoms with van der Waals surface area (Å²) in [7, 11) is 2.04. The van der Waals surface area contributed by atoms with Crippen molar-refractivity contribution in [2.45, 2.75) is 12.3 Å². The SMILES string of the molecule is CF.COc1ccc2c(Cl)cc(CCl)c(NC(=O)Nc3ccc(C(F)F)cc3)c2c1. The summed E-state index contributed by atoms with van der Waals surface area (Å²) in [5.74, 6) is 0.729. The van der Waals surface area contributed by atoms with Crippen LogP contribution in [-0.2, 0) is 5.88 Å². The van der Waals surface area contributed by atoms with Gasteiger partial charge in [-0.25, -0.2) is 13.6 Å². The highest BCUT2D eigenvalue weighted by atomic mass is 35.5. The number of amides is 2. The van der Waals surface area contributed by atoms with Crippen LogP contribution in [0, 0.1) is 0 Å². The number of halogens is 5. The number of alkyl halides is 4. The fraction of sp³-hybridized carbons (Fsp3) is 0.190. The molecular formula is C21H19Cl2F3N2O2. The van der Waals surface area contributed by atoms with Gasteiger partial charge in [0.15, 0.2) is 0 Å². The van der Waals surface area contributed by atoms with Gasteiger partial charge in [0.2, 0.25) is 0 Å². The number of anilines is 2. The molecule has 3 aromatic rings. The van der Waals surface area contributed by atoms with E-state index in [1.54, 1.807) is 24.3 Å². The Hall–Kier alpha value is -2.64. The minimum Gasteiger partial charge on any atom is -0.497 e. The molecular weight excluding hydrogens is 440 g/mol. The van der Waals surface area contributed by atoms with Crippen molar-refractivity contribution >= 4 is 51.4 Å². The van der Waals surface area contributed by atoms with Crippen LogP contribution in [0.15, 0.2) is 48.5 Å². The number of hydrogen-bond donors (Lipinski definition) is 2. The average molecular weight is 459 g/mol. The van der Waals surface area contributed by atoms with Gasteiger partial charge in [-0.05, 0) is 42.0 Å². The number of carbonyl (C=O) groups is 1. The van der Waals surface area contributed by atoms with Crippen molar-refractivity contribution < 1.29 is 22.7 Å². The Balaban J connectivity index is 0.00000155. The first-order chi connectivity index (χ1) is 14.4. The van der Waals surface area contributed by atoms with Gasteiger partial charge in [0.05, 0.1) is 20.0 Å². The minimum atomic E-state index is -2.57. The Labute approximate surface area is 181 Å². The monoisotopic (exact) mass is 458 g/mol. The fourth-order valence-corrected chi connectivity index (χ4v) is 3.29. The van der Waals surface area contributed by atoms with E-state index in [0.717, 1.165) is 5.39 Å². The second-order valence-corrected chi connectivity index (χ2v) is 6.61. The highest BCUT2D eigenvalue weighted by Crippen LogP contribution is 2.36. The molecule has 30 heavy (non-hydrogen) atoms. The second kappa shape index (κ2) is 10.9. The van der Waals surface area contributed by atoms with E-state index in [1.165, 1.54) is 31.4 Å². The number of benzene rings is 3. The van der Waals surface area contributed by atoms with Crippen LogP contribution in [0.25, 0.3) is 10.8 Å². The smallest absolute Gasteiger partial charge is 0.323 e. The predicted octanol–water partition coefficient (Wildman–Crippen LogP) is 7.41. The van der Waals surface area contributed by atoms with Gasteiger partial charge in [0.25, 0.3) is 6.43 Å². The molecule has 0 spiro atoms. The largest absolute Gasteiger partial charge is 0.497 e. The van der Waals surface area contributed by atoms with Gasteiger partial charge in [-0.15, -0.1) is 11.6 Å². The molecule has 0 atom stereocenters. The summed E-state index contributed by atoms with van der Waals surface area (Å²) >= 11 is 12.4. The van der Waals surface area contributed by atoms with E-state index in [-0.39, 0.29) is 11.4 Å². The van der Waals surface area contributed by atoms with Crippen LogP contribution in [-0.4, -0.2) is 20.3 Å². The summed E-state index contributed by atoms with van der Waals surface area (Å²) in [6, 6.07) is 11.8. The number of carbonyl (C=O) groups excluding carboxylic acids is 1. The van der Waals surface area contributed by atoms with Crippen molar-refractivity contribution in [1.82, 2.24) is 0 Å². The Morgan fingerprint density at radius 2 is 1.70 bits per heavy atom. The van der Waals surface area contributed by atoms with Crippen LogP contribution >= 0.6 is 23.2 Å². The molecule has 0 aliphatic rings. The lowest BCUT2D eigenvalue weighted by Crippen LogP contribution is -2.20. The van der Waals surface area contributed by atoms with E-state index >= 15 is 0 Å². The number of hydrogen-bond acceptors (Lipinski definition) is 2. The highest BCUT2D eigenvalue weighted by Gasteiger charge is 2.15. The number of nitrogens with one attached hydrogen (secondary N) is 2. The molecule has 0 heterocycles. The van der Waals surface area contributed by atoms with Crippen molar-refractivity contribution in [2.24, 2.45) is 0 Å². The molecule has 0 aliphatic heterocycles. The quantitative estimate of drug-likeness (QED) is 0.391. The molecule has 0 saturated carbocycles. The molecule has 2 N–H and O–H groups in total. The van der Waals surface area contributed by atoms with Gasteiger partial charge in [0, 0.05) is 32.9 Å². The summed E-state index contributed by atoms with van der Waals surface area (Å²) in [5, 5.41) is 7.29. The van der Waals surface area contributed by atoms with Gasteiger partial charge < -0.3 is 15.4 Å². The van der Waals surface area contributed by atoms with Crippen LogP contribution in [0.4, 0.5) is 29.3 Å². The maximum Gasteiger partial charge on any atom is 0.323 e. The summed E-state index contributed by atoms with van der Waals surface area (Å²) in [6.07, 6.45) is -2.57. The maximum absolute atomic E-state index is 12.6. The highest BCUT2D eigenvalue weighted by molar-refractivity contribution is 6.36. The Morgan fingerprint density at radius 1 is 1.03 bits per heavy atom. The van der Waals surface area contributed by atoms with E-state index in [4.69, 9.17) is 27.9 Å². The van der Waals surface area contributed by atoms with E-state index in [0.29, 0.717) is 40.3 Å². The lowest BCUT2D eigenvalue weighted by molar-refractivity contribution is 0.151. The average Bonchev–Trinajstić information content (AvgIpc) is 2.76. The number of fused-ring (bicyclic) bond motifs is 1. The lowest BCUT2D eigenvalue weighted by Gasteiger charge is -2.16. The molecule has 0 aromatic heterocycles. The number of ether oxygens (including phenoxy) is 1. The summed E-state index contributed by atoms with van der Waals surface area (Å²) in [5.41, 5.74) is 1.39. The molecule has 0 radical (unpaired) electrons. The zero-order valence-corrected chi connectivity index (χ0v) is 17.6. The Morgan fingerprint density at radius 3 is 2.27 bits per heavy atom. The molecule has 2 amide bonds. The third kappa shape index (κ3) is 5.49. The fourth-order valence-electron chi connectivity index (χ4n) is 2.78.